The first-order valence-electron chi connectivity index (χ1n) is 4.70. The molecule has 0 N–H and O–H groups in total. The lowest BCUT2D eigenvalue weighted by molar-refractivity contribution is 0.436. The first kappa shape index (κ1) is 12.5. The van der Waals surface area contributed by atoms with Crippen LogP contribution in [0.4, 0.5) is 26.3 Å². The van der Waals surface area contributed by atoms with Crippen LogP contribution in [0.25, 0.3) is 11.1 Å². The molecule has 0 aliphatic heterocycles. The minimum absolute atomic E-state index is 0.0938. The van der Waals surface area contributed by atoms with Gasteiger partial charge in [-0.3, -0.25) is 0 Å². The maximum absolute atomic E-state index is 13.4. The smallest absolute Gasteiger partial charge is 0.195 e. The summed E-state index contributed by atoms with van der Waals surface area (Å²) in [6.45, 7) is 0. The van der Waals surface area contributed by atoms with Crippen molar-refractivity contribution in [3.63, 3.8) is 0 Å². The predicted molar refractivity (Wildman–Crippen MR) is 51.6 cm³/mol. The molecule has 0 aromatic heterocycles. The first-order valence-corrected chi connectivity index (χ1v) is 4.70. The Morgan fingerprint density at radius 1 is 0.611 bits per heavy atom. The average molecular weight is 262 g/mol. The van der Waals surface area contributed by atoms with Crippen molar-refractivity contribution in [1.82, 2.24) is 0 Å². The first-order chi connectivity index (χ1) is 8.41. The molecule has 6 heteroatoms. The van der Waals surface area contributed by atoms with E-state index in [0.717, 1.165) is 12.1 Å². The topological polar surface area (TPSA) is 0 Å². The number of halogens is 6. The minimum atomic E-state index is -1.92. The van der Waals surface area contributed by atoms with Crippen LogP contribution in [0, 0.1) is 34.9 Å². The molecule has 2 aromatic carbocycles. The van der Waals surface area contributed by atoms with Crippen molar-refractivity contribution in [2.45, 2.75) is 0 Å². The van der Waals surface area contributed by atoms with Crippen molar-refractivity contribution in [3.8, 4) is 11.1 Å². The van der Waals surface area contributed by atoms with E-state index in [1.807, 2.05) is 0 Å². The van der Waals surface area contributed by atoms with E-state index < -0.39 is 46.0 Å². The summed E-state index contributed by atoms with van der Waals surface area (Å²) in [4.78, 5) is 0. The summed E-state index contributed by atoms with van der Waals surface area (Å²) in [6, 6.07) is 1.97. The molecule has 0 radical (unpaired) electrons. The van der Waals surface area contributed by atoms with Gasteiger partial charge in [-0.1, -0.05) is 0 Å². The van der Waals surface area contributed by atoms with E-state index in [-0.39, 0.29) is 6.07 Å². The largest absolute Gasteiger partial charge is 0.207 e. The van der Waals surface area contributed by atoms with Gasteiger partial charge in [-0.05, 0) is 12.1 Å². The second kappa shape index (κ2) is 4.36. The SMILES string of the molecule is Fc1ccc(-c2c(F)cc(F)c(F)c2F)c(F)c1. The van der Waals surface area contributed by atoms with Gasteiger partial charge in [0.25, 0.3) is 0 Å². The van der Waals surface area contributed by atoms with Crippen molar-refractivity contribution in [3.05, 3.63) is 59.2 Å². The zero-order valence-electron chi connectivity index (χ0n) is 8.58. The fourth-order valence-electron chi connectivity index (χ4n) is 1.51. The number of rotatable bonds is 1. The number of hydrogen-bond acceptors (Lipinski definition) is 0. The van der Waals surface area contributed by atoms with Gasteiger partial charge in [0.05, 0.1) is 5.56 Å². The number of hydrogen-bond donors (Lipinski definition) is 0. The minimum Gasteiger partial charge on any atom is -0.207 e. The Bertz CT molecular complexity index is 620. The lowest BCUT2D eigenvalue weighted by Crippen LogP contribution is -2.00. The van der Waals surface area contributed by atoms with Crippen LogP contribution < -0.4 is 0 Å². The maximum atomic E-state index is 13.4. The van der Waals surface area contributed by atoms with Gasteiger partial charge in [0.2, 0.25) is 0 Å². The van der Waals surface area contributed by atoms with E-state index in [2.05, 4.69) is 0 Å². The van der Waals surface area contributed by atoms with Crippen LogP contribution in [-0.4, -0.2) is 0 Å². The van der Waals surface area contributed by atoms with Crippen LogP contribution in [-0.2, 0) is 0 Å². The Labute approximate surface area is 97.5 Å². The monoisotopic (exact) mass is 262 g/mol. The van der Waals surface area contributed by atoms with E-state index in [1.54, 1.807) is 0 Å². The molecule has 0 bridgehead atoms. The van der Waals surface area contributed by atoms with Crippen LogP contribution >= 0.6 is 0 Å². The molecule has 0 aliphatic rings. The van der Waals surface area contributed by atoms with Gasteiger partial charge in [-0.15, -0.1) is 0 Å². The molecular formula is C12H4F6. The Morgan fingerprint density at radius 3 is 1.89 bits per heavy atom. The summed E-state index contributed by atoms with van der Waals surface area (Å²) in [7, 11) is 0. The standard InChI is InChI=1S/C12H4F6/c13-5-1-2-6(7(14)3-5)10-8(15)4-9(16)11(17)12(10)18/h1-4H. The van der Waals surface area contributed by atoms with Crippen molar-refractivity contribution in [1.29, 1.82) is 0 Å². The van der Waals surface area contributed by atoms with E-state index in [0.29, 0.717) is 6.07 Å². The lowest BCUT2D eigenvalue weighted by Gasteiger charge is -2.08. The fraction of sp³-hybridized carbons (Fsp3) is 0. The Morgan fingerprint density at radius 2 is 1.28 bits per heavy atom. The molecule has 0 saturated heterocycles. The van der Waals surface area contributed by atoms with Crippen LogP contribution in [0.2, 0.25) is 0 Å². The van der Waals surface area contributed by atoms with Gasteiger partial charge in [0, 0.05) is 17.7 Å². The van der Waals surface area contributed by atoms with Gasteiger partial charge in [0.1, 0.15) is 17.5 Å². The quantitative estimate of drug-likeness (QED) is 0.410. The summed E-state index contributed by atoms with van der Waals surface area (Å²) in [6.07, 6.45) is 0. The average Bonchev–Trinajstić information content (AvgIpc) is 2.29. The van der Waals surface area contributed by atoms with Crippen LogP contribution in [0.1, 0.15) is 0 Å². The van der Waals surface area contributed by atoms with Crippen LogP contribution in [0.15, 0.2) is 24.3 Å². The van der Waals surface area contributed by atoms with Gasteiger partial charge >= 0.3 is 0 Å². The highest BCUT2D eigenvalue weighted by Crippen LogP contribution is 2.31. The third-order valence-corrected chi connectivity index (χ3v) is 2.31. The Kier molecular flexibility index (Phi) is 3.02. The highest BCUT2D eigenvalue weighted by Gasteiger charge is 2.22. The molecule has 0 aliphatic carbocycles. The van der Waals surface area contributed by atoms with Gasteiger partial charge < -0.3 is 0 Å². The molecule has 18 heavy (non-hydrogen) atoms. The zero-order chi connectivity index (χ0) is 13.4. The van der Waals surface area contributed by atoms with Crippen LogP contribution in [0.3, 0.4) is 0 Å². The normalized spacial score (nSPS) is 10.8. The van der Waals surface area contributed by atoms with Crippen molar-refractivity contribution < 1.29 is 26.3 Å². The highest BCUT2D eigenvalue weighted by molar-refractivity contribution is 5.65. The van der Waals surface area contributed by atoms with E-state index in [1.165, 1.54) is 0 Å². The molecule has 2 rings (SSSR count). The Hall–Kier alpha value is -1.98. The summed E-state index contributed by atoms with van der Waals surface area (Å²) < 4.78 is 78.4. The van der Waals surface area contributed by atoms with Gasteiger partial charge in [0.15, 0.2) is 17.5 Å². The maximum Gasteiger partial charge on any atom is 0.195 e. The second-order valence-electron chi connectivity index (χ2n) is 3.47. The molecule has 0 fully saturated rings. The van der Waals surface area contributed by atoms with Gasteiger partial charge in [-0.2, -0.15) is 0 Å². The number of benzene rings is 2. The summed E-state index contributed by atoms with van der Waals surface area (Å²) in [5.74, 6) is -9.22. The molecule has 2 aromatic rings. The molecular weight excluding hydrogens is 258 g/mol. The van der Waals surface area contributed by atoms with Crippen molar-refractivity contribution in [2.24, 2.45) is 0 Å². The second-order valence-corrected chi connectivity index (χ2v) is 3.47. The van der Waals surface area contributed by atoms with Gasteiger partial charge in [-0.25, -0.2) is 26.3 Å². The highest BCUT2D eigenvalue weighted by atomic mass is 19.2. The molecule has 0 unspecified atom stereocenters. The molecule has 0 amide bonds. The predicted octanol–water partition coefficient (Wildman–Crippen LogP) is 4.19. The fourth-order valence-corrected chi connectivity index (χ4v) is 1.51. The molecule has 0 nitrogen and oxygen atoms in total. The zero-order valence-corrected chi connectivity index (χ0v) is 8.58. The molecule has 0 heterocycles. The summed E-state index contributed by atoms with van der Waals surface area (Å²) in [5.41, 5.74) is -1.77. The molecule has 0 atom stereocenters. The third kappa shape index (κ3) is 1.94. The van der Waals surface area contributed by atoms with Crippen molar-refractivity contribution in [2.75, 3.05) is 0 Å². The van der Waals surface area contributed by atoms with Crippen molar-refractivity contribution >= 4 is 0 Å². The molecule has 94 valence electrons. The van der Waals surface area contributed by atoms with E-state index >= 15 is 0 Å². The van der Waals surface area contributed by atoms with E-state index in [9.17, 15) is 26.3 Å². The lowest BCUT2D eigenvalue weighted by atomic mass is 10.0. The molecule has 0 spiro atoms. The van der Waals surface area contributed by atoms with Crippen LogP contribution in [0.5, 0.6) is 0 Å². The summed E-state index contributed by atoms with van der Waals surface area (Å²) in [5, 5.41) is 0. The summed E-state index contributed by atoms with van der Waals surface area (Å²) >= 11 is 0. The third-order valence-electron chi connectivity index (χ3n) is 2.31. The van der Waals surface area contributed by atoms with E-state index in [4.69, 9.17) is 0 Å². The Balaban J connectivity index is 2.75. The molecule has 0 saturated carbocycles.